The summed E-state index contributed by atoms with van der Waals surface area (Å²) in [5, 5.41) is 4.22. The third kappa shape index (κ3) is 1.76. The molecule has 1 aromatic rings. The largest absolute Gasteiger partial charge is 0.299 e. The summed E-state index contributed by atoms with van der Waals surface area (Å²) in [5.41, 5.74) is 2.43. The van der Waals surface area contributed by atoms with Crippen molar-refractivity contribution in [3.63, 3.8) is 0 Å². The smallest absolute Gasteiger partial charge is 0.137 e. The summed E-state index contributed by atoms with van der Waals surface area (Å²) in [6.45, 7) is 2.96. The molecule has 0 bridgehead atoms. The summed E-state index contributed by atoms with van der Waals surface area (Å²) in [5.74, 6) is 0.344. The van der Waals surface area contributed by atoms with Crippen molar-refractivity contribution in [3.8, 4) is 0 Å². The zero-order valence-corrected chi connectivity index (χ0v) is 8.36. The number of allylic oxidation sites excluding steroid dienone is 2. The first kappa shape index (κ1) is 9.19. The van der Waals surface area contributed by atoms with Crippen LogP contribution in [0.3, 0.4) is 0 Å². The van der Waals surface area contributed by atoms with E-state index in [4.69, 9.17) is 0 Å². The van der Waals surface area contributed by atoms with Gasteiger partial charge in [0.25, 0.3) is 0 Å². The van der Waals surface area contributed by atoms with E-state index in [0.29, 0.717) is 18.6 Å². The Morgan fingerprint density at radius 2 is 2.36 bits per heavy atom. The Kier molecular flexibility index (Phi) is 2.48. The SMILES string of the molecule is CCn1cc(C2=CCC(=O)CC2)cn1. The molecule has 0 aromatic carbocycles. The Bertz CT molecular complexity index is 376. The Labute approximate surface area is 83.4 Å². The highest BCUT2D eigenvalue weighted by molar-refractivity contribution is 5.86. The predicted molar refractivity (Wildman–Crippen MR) is 54.7 cm³/mol. The molecular formula is C11H14N2O. The number of aromatic nitrogens is 2. The van der Waals surface area contributed by atoms with Gasteiger partial charge in [-0.15, -0.1) is 0 Å². The molecule has 3 nitrogen and oxygen atoms in total. The minimum Gasteiger partial charge on any atom is -0.299 e. The number of carbonyl (C=O) groups excluding carboxylic acids is 1. The number of hydrogen-bond donors (Lipinski definition) is 0. The summed E-state index contributed by atoms with van der Waals surface area (Å²) >= 11 is 0. The fourth-order valence-electron chi connectivity index (χ4n) is 1.68. The van der Waals surface area contributed by atoms with E-state index in [9.17, 15) is 4.79 Å². The lowest BCUT2D eigenvalue weighted by molar-refractivity contribution is -0.118. The fourth-order valence-corrected chi connectivity index (χ4v) is 1.68. The molecule has 0 N–H and O–H groups in total. The zero-order valence-electron chi connectivity index (χ0n) is 8.36. The molecule has 0 aliphatic heterocycles. The monoisotopic (exact) mass is 190 g/mol. The van der Waals surface area contributed by atoms with E-state index in [1.165, 1.54) is 11.1 Å². The van der Waals surface area contributed by atoms with Gasteiger partial charge in [0.15, 0.2) is 0 Å². The zero-order chi connectivity index (χ0) is 9.97. The van der Waals surface area contributed by atoms with Gasteiger partial charge in [0.2, 0.25) is 0 Å². The van der Waals surface area contributed by atoms with Gasteiger partial charge in [0, 0.05) is 31.1 Å². The molecule has 0 saturated heterocycles. The van der Waals surface area contributed by atoms with E-state index in [2.05, 4.69) is 12.0 Å². The second kappa shape index (κ2) is 3.78. The number of Topliss-reactive ketones (excluding diaryl/α,β-unsaturated/α-hetero) is 1. The molecule has 3 heteroatoms. The van der Waals surface area contributed by atoms with Gasteiger partial charge in [0.1, 0.15) is 5.78 Å². The summed E-state index contributed by atoms with van der Waals surface area (Å²) in [4.78, 5) is 11.0. The first-order chi connectivity index (χ1) is 6.79. The van der Waals surface area contributed by atoms with Crippen LogP contribution in [0.5, 0.6) is 0 Å². The van der Waals surface area contributed by atoms with Crippen LogP contribution in [0.25, 0.3) is 5.57 Å². The summed E-state index contributed by atoms with van der Waals surface area (Å²) in [7, 11) is 0. The highest BCUT2D eigenvalue weighted by atomic mass is 16.1. The molecule has 0 radical (unpaired) electrons. The Morgan fingerprint density at radius 3 is 2.93 bits per heavy atom. The quantitative estimate of drug-likeness (QED) is 0.715. The number of ketones is 1. The molecule has 2 rings (SSSR count). The van der Waals surface area contributed by atoms with Crippen molar-refractivity contribution in [1.82, 2.24) is 9.78 Å². The van der Waals surface area contributed by atoms with Gasteiger partial charge in [-0.25, -0.2) is 0 Å². The van der Waals surface area contributed by atoms with Gasteiger partial charge in [-0.2, -0.15) is 5.10 Å². The maximum atomic E-state index is 11.0. The number of carbonyl (C=O) groups is 1. The maximum Gasteiger partial charge on any atom is 0.137 e. The molecule has 1 aliphatic carbocycles. The number of nitrogens with zero attached hydrogens (tertiary/aromatic N) is 2. The summed E-state index contributed by atoms with van der Waals surface area (Å²) in [6.07, 6.45) is 8.10. The fraction of sp³-hybridized carbons (Fsp3) is 0.455. The van der Waals surface area contributed by atoms with Gasteiger partial charge >= 0.3 is 0 Å². The van der Waals surface area contributed by atoms with Gasteiger partial charge in [0.05, 0.1) is 6.20 Å². The van der Waals surface area contributed by atoms with Gasteiger partial charge in [-0.3, -0.25) is 9.48 Å². The molecule has 74 valence electrons. The minimum atomic E-state index is 0.344. The lowest BCUT2D eigenvalue weighted by Crippen LogP contribution is -2.02. The van der Waals surface area contributed by atoms with Crippen LogP contribution in [-0.2, 0) is 11.3 Å². The van der Waals surface area contributed by atoms with Crippen molar-refractivity contribution < 1.29 is 4.79 Å². The number of hydrogen-bond acceptors (Lipinski definition) is 2. The van der Waals surface area contributed by atoms with Crippen molar-refractivity contribution in [2.45, 2.75) is 32.7 Å². The Morgan fingerprint density at radius 1 is 1.50 bits per heavy atom. The van der Waals surface area contributed by atoms with Crippen molar-refractivity contribution in [2.24, 2.45) is 0 Å². The van der Waals surface area contributed by atoms with Crippen LogP contribution >= 0.6 is 0 Å². The molecule has 1 heterocycles. The minimum absolute atomic E-state index is 0.344. The lowest BCUT2D eigenvalue weighted by Gasteiger charge is -2.09. The van der Waals surface area contributed by atoms with Crippen LogP contribution in [0.1, 0.15) is 31.7 Å². The van der Waals surface area contributed by atoms with Crippen molar-refractivity contribution in [2.75, 3.05) is 0 Å². The second-order valence-corrected chi connectivity index (χ2v) is 3.56. The molecule has 0 saturated carbocycles. The number of aryl methyl sites for hydroxylation is 1. The molecular weight excluding hydrogens is 176 g/mol. The average molecular weight is 190 g/mol. The topological polar surface area (TPSA) is 34.9 Å². The molecule has 0 fully saturated rings. The average Bonchev–Trinajstić information content (AvgIpc) is 2.67. The van der Waals surface area contributed by atoms with E-state index < -0.39 is 0 Å². The van der Waals surface area contributed by atoms with E-state index in [1.807, 2.05) is 23.2 Å². The van der Waals surface area contributed by atoms with E-state index in [-0.39, 0.29) is 0 Å². The van der Waals surface area contributed by atoms with Gasteiger partial charge in [-0.05, 0) is 18.9 Å². The van der Waals surface area contributed by atoms with Gasteiger partial charge < -0.3 is 0 Å². The summed E-state index contributed by atoms with van der Waals surface area (Å²) < 4.78 is 1.91. The third-order valence-electron chi connectivity index (χ3n) is 2.58. The highest BCUT2D eigenvalue weighted by Gasteiger charge is 2.12. The number of rotatable bonds is 2. The Balaban J connectivity index is 2.19. The highest BCUT2D eigenvalue weighted by Crippen LogP contribution is 2.24. The van der Waals surface area contributed by atoms with E-state index in [1.54, 1.807) is 0 Å². The molecule has 1 aliphatic rings. The molecule has 0 spiro atoms. The van der Waals surface area contributed by atoms with Crippen LogP contribution < -0.4 is 0 Å². The van der Waals surface area contributed by atoms with Crippen LogP contribution in [0.4, 0.5) is 0 Å². The van der Waals surface area contributed by atoms with Crippen molar-refractivity contribution >= 4 is 11.4 Å². The normalized spacial score (nSPS) is 16.9. The lowest BCUT2D eigenvalue weighted by atomic mass is 9.95. The first-order valence-electron chi connectivity index (χ1n) is 5.03. The standard InChI is InChI=1S/C11H14N2O/c1-2-13-8-10(7-12-13)9-3-5-11(14)6-4-9/h3,7-8H,2,4-6H2,1H3. The summed E-state index contributed by atoms with van der Waals surface area (Å²) in [6, 6.07) is 0. The van der Waals surface area contributed by atoms with Crippen LogP contribution in [-0.4, -0.2) is 15.6 Å². The first-order valence-corrected chi connectivity index (χ1v) is 5.03. The molecule has 14 heavy (non-hydrogen) atoms. The maximum absolute atomic E-state index is 11.0. The van der Waals surface area contributed by atoms with Crippen LogP contribution in [0, 0.1) is 0 Å². The Hall–Kier alpha value is -1.38. The predicted octanol–water partition coefficient (Wildman–Crippen LogP) is 2.04. The van der Waals surface area contributed by atoms with Gasteiger partial charge in [-0.1, -0.05) is 6.08 Å². The van der Waals surface area contributed by atoms with Crippen LogP contribution in [0.15, 0.2) is 18.5 Å². The molecule has 0 atom stereocenters. The van der Waals surface area contributed by atoms with Crippen molar-refractivity contribution in [3.05, 3.63) is 24.0 Å². The van der Waals surface area contributed by atoms with Crippen LogP contribution in [0.2, 0.25) is 0 Å². The van der Waals surface area contributed by atoms with E-state index >= 15 is 0 Å². The molecule has 0 unspecified atom stereocenters. The van der Waals surface area contributed by atoms with E-state index in [0.717, 1.165) is 13.0 Å². The molecule has 0 amide bonds. The van der Waals surface area contributed by atoms with Crippen molar-refractivity contribution in [1.29, 1.82) is 0 Å². The molecule has 1 aromatic heterocycles. The second-order valence-electron chi connectivity index (χ2n) is 3.56. The third-order valence-corrected chi connectivity index (χ3v) is 2.58.